The molecule has 0 spiro atoms. The van der Waals surface area contributed by atoms with Gasteiger partial charge in [-0.25, -0.2) is 4.39 Å². The van der Waals surface area contributed by atoms with Gasteiger partial charge in [-0.1, -0.05) is 0 Å². The number of nitrogens with one attached hydrogen (secondary N) is 1. The van der Waals surface area contributed by atoms with Gasteiger partial charge in [0.2, 0.25) is 5.91 Å². The van der Waals surface area contributed by atoms with Crippen molar-refractivity contribution in [2.45, 2.75) is 13.0 Å². The van der Waals surface area contributed by atoms with E-state index in [1.807, 2.05) is 0 Å². The van der Waals surface area contributed by atoms with Crippen LogP contribution in [-0.2, 0) is 4.79 Å². The normalized spacial score (nSPS) is 12.8. The van der Waals surface area contributed by atoms with Gasteiger partial charge >= 0.3 is 0 Å². The van der Waals surface area contributed by atoms with Crippen LogP contribution in [0.4, 0.5) is 4.39 Å². The van der Waals surface area contributed by atoms with Gasteiger partial charge in [-0.2, -0.15) is 0 Å². The molecule has 0 aromatic rings. The van der Waals surface area contributed by atoms with Gasteiger partial charge < -0.3 is 10.4 Å². The molecule has 0 saturated carbocycles. The lowest BCUT2D eigenvalue weighted by Gasteiger charge is -2.08. The van der Waals surface area contributed by atoms with Crippen LogP contribution in [0.2, 0.25) is 0 Å². The van der Waals surface area contributed by atoms with Gasteiger partial charge in [0.05, 0.1) is 12.6 Å². The second-order valence-electron chi connectivity index (χ2n) is 1.73. The highest BCUT2D eigenvalue weighted by atomic mass is 19.1. The second-order valence-corrected chi connectivity index (χ2v) is 1.73. The molecule has 0 bridgehead atoms. The van der Waals surface area contributed by atoms with E-state index in [4.69, 9.17) is 5.11 Å². The maximum absolute atomic E-state index is 11.6. The van der Waals surface area contributed by atoms with Crippen LogP contribution in [0, 0.1) is 0 Å². The molecular formula is C5H10FNO2. The van der Waals surface area contributed by atoms with Gasteiger partial charge in [0, 0.05) is 6.92 Å². The topological polar surface area (TPSA) is 49.3 Å². The summed E-state index contributed by atoms with van der Waals surface area (Å²) in [6.45, 7) is 0.199. The molecule has 9 heavy (non-hydrogen) atoms. The lowest BCUT2D eigenvalue weighted by Crippen LogP contribution is -2.37. The number of amides is 1. The van der Waals surface area contributed by atoms with Gasteiger partial charge in [0.25, 0.3) is 0 Å². The summed E-state index contributed by atoms with van der Waals surface area (Å²) >= 11 is 0. The van der Waals surface area contributed by atoms with Gasteiger partial charge in [-0.3, -0.25) is 4.79 Å². The number of halogens is 1. The highest BCUT2D eigenvalue weighted by Gasteiger charge is 2.05. The van der Waals surface area contributed by atoms with Crippen LogP contribution in [0.5, 0.6) is 0 Å². The molecule has 0 aliphatic heterocycles. The van der Waals surface area contributed by atoms with E-state index in [1.54, 1.807) is 0 Å². The molecule has 0 heterocycles. The molecule has 0 aliphatic carbocycles. The average Bonchev–Trinajstić information content (AvgIpc) is 1.82. The summed E-state index contributed by atoms with van der Waals surface area (Å²) in [5, 5.41) is 10.5. The number of hydrogen-bond acceptors (Lipinski definition) is 2. The van der Waals surface area contributed by atoms with E-state index in [1.165, 1.54) is 6.92 Å². The Kier molecular flexibility index (Phi) is 3.96. The molecule has 0 radical (unpaired) electrons. The van der Waals surface area contributed by atoms with E-state index >= 15 is 0 Å². The minimum absolute atomic E-state index is 0.327. The SMILES string of the molecule is CC(=O)NC(CO)CF. The van der Waals surface area contributed by atoms with Crippen LogP contribution in [0.1, 0.15) is 6.92 Å². The van der Waals surface area contributed by atoms with E-state index in [0.29, 0.717) is 0 Å². The standard InChI is InChI=1S/C5H10FNO2/c1-4(9)7-5(2-6)3-8/h5,8H,2-3H2,1H3,(H,7,9). The minimum Gasteiger partial charge on any atom is -0.394 e. The Morgan fingerprint density at radius 3 is 2.56 bits per heavy atom. The van der Waals surface area contributed by atoms with Crippen LogP contribution in [0.3, 0.4) is 0 Å². The summed E-state index contributed by atoms with van der Waals surface area (Å²) in [5.41, 5.74) is 0. The van der Waals surface area contributed by atoms with Crippen molar-refractivity contribution in [2.75, 3.05) is 13.3 Å². The third-order valence-electron chi connectivity index (χ3n) is 0.814. The summed E-state index contributed by atoms with van der Waals surface area (Å²) in [4.78, 5) is 10.2. The summed E-state index contributed by atoms with van der Waals surface area (Å²) < 4.78 is 11.6. The third kappa shape index (κ3) is 3.90. The minimum atomic E-state index is -0.734. The zero-order valence-electron chi connectivity index (χ0n) is 5.22. The largest absolute Gasteiger partial charge is 0.394 e. The van der Waals surface area contributed by atoms with Crippen molar-refractivity contribution >= 4 is 5.91 Å². The van der Waals surface area contributed by atoms with Crippen LogP contribution < -0.4 is 5.32 Å². The van der Waals surface area contributed by atoms with E-state index in [2.05, 4.69) is 5.32 Å². The number of hydrogen-bond donors (Lipinski definition) is 2. The van der Waals surface area contributed by atoms with E-state index < -0.39 is 12.7 Å². The van der Waals surface area contributed by atoms with Crippen LogP contribution >= 0.6 is 0 Å². The zero-order chi connectivity index (χ0) is 7.28. The molecule has 0 fully saturated rings. The number of aliphatic hydroxyl groups is 1. The molecule has 3 nitrogen and oxygen atoms in total. The first kappa shape index (κ1) is 8.36. The predicted octanol–water partition coefficient (Wildman–Crippen LogP) is -0.547. The molecule has 54 valence electrons. The van der Waals surface area contributed by atoms with Gasteiger partial charge in [-0.05, 0) is 0 Å². The highest BCUT2D eigenvalue weighted by Crippen LogP contribution is 1.81. The Balaban J connectivity index is 3.43. The van der Waals surface area contributed by atoms with Crippen LogP contribution in [0.25, 0.3) is 0 Å². The summed E-state index contributed by atoms with van der Waals surface area (Å²) in [6, 6.07) is -0.734. The van der Waals surface area contributed by atoms with Crippen molar-refractivity contribution in [2.24, 2.45) is 0 Å². The molecular weight excluding hydrogens is 125 g/mol. The molecule has 0 aromatic heterocycles. The molecule has 1 atom stereocenters. The summed E-state index contributed by atoms with van der Waals surface area (Å²) in [6.07, 6.45) is 0. The smallest absolute Gasteiger partial charge is 0.217 e. The molecule has 0 aliphatic rings. The molecule has 1 unspecified atom stereocenters. The average molecular weight is 135 g/mol. The fourth-order valence-electron chi connectivity index (χ4n) is 0.420. The van der Waals surface area contributed by atoms with Gasteiger partial charge in [0.1, 0.15) is 6.67 Å². The second kappa shape index (κ2) is 4.26. The number of carbonyl (C=O) groups is 1. The molecule has 0 saturated heterocycles. The number of aliphatic hydroxyl groups excluding tert-OH is 1. The first-order valence-corrected chi connectivity index (χ1v) is 2.64. The van der Waals surface area contributed by atoms with Crippen molar-refractivity contribution in [1.82, 2.24) is 5.32 Å². The lowest BCUT2D eigenvalue weighted by atomic mass is 10.3. The number of alkyl halides is 1. The maximum atomic E-state index is 11.6. The lowest BCUT2D eigenvalue weighted by molar-refractivity contribution is -0.120. The van der Waals surface area contributed by atoms with Crippen molar-refractivity contribution in [1.29, 1.82) is 0 Å². The highest BCUT2D eigenvalue weighted by molar-refractivity contribution is 5.73. The van der Waals surface area contributed by atoms with Crippen molar-refractivity contribution in [3.63, 3.8) is 0 Å². The fourth-order valence-corrected chi connectivity index (χ4v) is 0.420. The van der Waals surface area contributed by atoms with Gasteiger partial charge in [0.15, 0.2) is 0 Å². The Morgan fingerprint density at radius 1 is 1.89 bits per heavy atom. The summed E-state index contributed by atoms with van der Waals surface area (Å²) in [7, 11) is 0. The summed E-state index contributed by atoms with van der Waals surface area (Å²) in [5.74, 6) is -0.327. The van der Waals surface area contributed by atoms with Crippen molar-refractivity contribution in [3.8, 4) is 0 Å². The van der Waals surface area contributed by atoms with Crippen molar-refractivity contribution in [3.05, 3.63) is 0 Å². The first-order valence-electron chi connectivity index (χ1n) is 2.64. The molecule has 2 N–H and O–H groups in total. The first-order chi connectivity index (χ1) is 4.20. The van der Waals surface area contributed by atoms with Crippen LogP contribution in [-0.4, -0.2) is 30.3 Å². The number of rotatable bonds is 3. The maximum Gasteiger partial charge on any atom is 0.217 e. The Morgan fingerprint density at radius 2 is 2.44 bits per heavy atom. The molecule has 0 rings (SSSR count). The zero-order valence-corrected chi connectivity index (χ0v) is 5.22. The molecule has 1 amide bonds. The van der Waals surface area contributed by atoms with Crippen LogP contribution in [0.15, 0.2) is 0 Å². The van der Waals surface area contributed by atoms with Gasteiger partial charge in [-0.15, -0.1) is 0 Å². The third-order valence-corrected chi connectivity index (χ3v) is 0.814. The van der Waals surface area contributed by atoms with Crippen molar-refractivity contribution < 1.29 is 14.3 Å². The van der Waals surface area contributed by atoms with E-state index in [0.717, 1.165) is 0 Å². The van der Waals surface area contributed by atoms with E-state index in [9.17, 15) is 9.18 Å². The monoisotopic (exact) mass is 135 g/mol. The molecule has 4 heteroatoms. The quantitative estimate of drug-likeness (QED) is 0.545. The molecule has 0 aromatic carbocycles. The Labute approximate surface area is 52.9 Å². The predicted molar refractivity (Wildman–Crippen MR) is 30.7 cm³/mol. The Hall–Kier alpha value is -0.640. The van der Waals surface area contributed by atoms with E-state index in [-0.39, 0.29) is 12.5 Å². The Bertz CT molecular complexity index is 93.0. The number of carbonyl (C=O) groups excluding carboxylic acids is 1. The fraction of sp³-hybridized carbons (Fsp3) is 0.800.